The molecule has 0 saturated carbocycles. The van der Waals surface area contributed by atoms with Crippen molar-refractivity contribution >= 4 is 17.6 Å². The second kappa shape index (κ2) is 7.26. The highest BCUT2D eigenvalue weighted by molar-refractivity contribution is 5.98. The lowest BCUT2D eigenvalue weighted by Crippen LogP contribution is -2.40. The molecule has 0 spiro atoms. The number of amides is 3. The van der Waals surface area contributed by atoms with Gasteiger partial charge in [0.05, 0.1) is 0 Å². The summed E-state index contributed by atoms with van der Waals surface area (Å²) in [6, 6.07) is 15.4. The highest BCUT2D eigenvalue weighted by atomic mass is 16.2. The summed E-state index contributed by atoms with van der Waals surface area (Å²) in [4.78, 5) is 23.2. The molecule has 1 atom stereocenters. The molecule has 0 saturated heterocycles. The molecule has 0 aliphatic carbocycles. The lowest BCUT2D eigenvalue weighted by atomic mass is 10.1. The number of carbonyl (C=O) groups is 2. The first-order chi connectivity index (χ1) is 10.6. The summed E-state index contributed by atoms with van der Waals surface area (Å²) in [6.07, 6.45) is 0.949. The largest absolute Gasteiger partial charge is 0.370 e. The normalized spacial score (nSPS) is 11.5. The lowest BCUT2D eigenvalue weighted by Gasteiger charge is -2.19. The molecular formula is C17H19N3O2. The maximum Gasteiger partial charge on any atom is 0.318 e. The summed E-state index contributed by atoms with van der Waals surface area (Å²) in [5, 5.41) is 5.25. The Bertz CT molecular complexity index is 639. The Morgan fingerprint density at radius 3 is 2.23 bits per heavy atom. The van der Waals surface area contributed by atoms with E-state index in [-0.39, 0.29) is 0 Å². The van der Waals surface area contributed by atoms with Gasteiger partial charge in [-0.2, -0.15) is 0 Å². The number of primary amides is 1. The van der Waals surface area contributed by atoms with Crippen molar-refractivity contribution in [2.45, 2.75) is 19.4 Å². The number of hydrogen-bond acceptors (Lipinski definition) is 3. The molecule has 5 heteroatoms. The molecular weight excluding hydrogens is 278 g/mol. The van der Waals surface area contributed by atoms with E-state index in [2.05, 4.69) is 17.6 Å². The van der Waals surface area contributed by atoms with Gasteiger partial charge in [-0.1, -0.05) is 49.4 Å². The number of aryl methyl sites for hydroxylation is 1. The number of anilines is 1. The molecule has 22 heavy (non-hydrogen) atoms. The quantitative estimate of drug-likeness (QED) is 0.793. The van der Waals surface area contributed by atoms with E-state index in [1.165, 1.54) is 5.56 Å². The van der Waals surface area contributed by atoms with Crippen LogP contribution in [-0.2, 0) is 11.2 Å². The number of carbonyl (C=O) groups excluding carboxylic acids is 2. The second-order valence-corrected chi connectivity index (χ2v) is 4.89. The van der Waals surface area contributed by atoms with Crippen molar-refractivity contribution in [3.63, 3.8) is 0 Å². The van der Waals surface area contributed by atoms with Crippen molar-refractivity contribution in [1.82, 2.24) is 5.32 Å². The predicted octanol–water partition coefficient (Wildman–Crippen LogP) is 2.60. The van der Waals surface area contributed by atoms with Gasteiger partial charge in [0.15, 0.2) is 0 Å². The molecule has 3 amide bonds. The van der Waals surface area contributed by atoms with Crippen molar-refractivity contribution in [2.24, 2.45) is 5.73 Å². The number of nitrogens with one attached hydrogen (secondary N) is 2. The first-order valence-electron chi connectivity index (χ1n) is 7.11. The smallest absolute Gasteiger partial charge is 0.318 e. The highest BCUT2D eigenvalue weighted by Gasteiger charge is 2.21. The van der Waals surface area contributed by atoms with Crippen LogP contribution < -0.4 is 16.4 Å². The molecule has 0 aliphatic heterocycles. The van der Waals surface area contributed by atoms with Crippen LogP contribution in [0.4, 0.5) is 10.5 Å². The summed E-state index contributed by atoms with van der Waals surface area (Å²) in [6.45, 7) is 2.08. The van der Waals surface area contributed by atoms with Gasteiger partial charge in [-0.3, -0.25) is 10.1 Å². The molecule has 4 N–H and O–H groups in total. The van der Waals surface area contributed by atoms with Gasteiger partial charge in [-0.15, -0.1) is 0 Å². The molecule has 0 unspecified atom stereocenters. The minimum absolute atomic E-state index is 0.488. The van der Waals surface area contributed by atoms with E-state index in [1.807, 2.05) is 54.6 Å². The van der Waals surface area contributed by atoms with Gasteiger partial charge >= 0.3 is 6.03 Å². The van der Waals surface area contributed by atoms with E-state index < -0.39 is 18.0 Å². The van der Waals surface area contributed by atoms with Crippen molar-refractivity contribution in [3.8, 4) is 0 Å². The molecule has 2 aromatic carbocycles. The zero-order valence-corrected chi connectivity index (χ0v) is 12.4. The van der Waals surface area contributed by atoms with Gasteiger partial charge in [0.1, 0.15) is 6.04 Å². The lowest BCUT2D eigenvalue weighted by molar-refractivity contribution is -0.120. The Morgan fingerprint density at radius 2 is 1.68 bits per heavy atom. The van der Waals surface area contributed by atoms with Gasteiger partial charge in [0, 0.05) is 5.69 Å². The molecule has 114 valence electrons. The van der Waals surface area contributed by atoms with Gasteiger partial charge in [-0.05, 0) is 29.7 Å². The zero-order chi connectivity index (χ0) is 15.9. The number of benzene rings is 2. The van der Waals surface area contributed by atoms with Crippen LogP contribution in [0.3, 0.4) is 0 Å². The fraction of sp³-hybridized carbons (Fsp3) is 0.176. The molecule has 2 rings (SSSR count). The van der Waals surface area contributed by atoms with Crippen molar-refractivity contribution in [3.05, 3.63) is 65.7 Å². The summed E-state index contributed by atoms with van der Waals surface area (Å²) in [5.41, 5.74) is 7.80. The average molecular weight is 297 g/mol. The molecule has 0 heterocycles. The molecule has 0 bridgehead atoms. The van der Waals surface area contributed by atoms with E-state index >= 15 is 0 Å². The number of rotatable bonds is 5. The SMILES string of the molecule is CCc1ccc(N[C@H](C(=O)NC(N)=O)c2ccccc2)cc1. The number of imide groups is 1. The van der Waals surface area contributed by atoms with Crippen molar-refractivity contribution < 1.29 is 9.59 Å². The first kappa shape index (κ1) is 15.6. The Hall–Kier alpha value is -2.82. The highest BCUT2D eigenvalue weighted by Crippen LogP contribution is 2.20. The number of nitrogens with two attached hydrogens (primary N) is 1. The summed E-state index contributed by atoms with van der Waals surface area (Å²) in [7, 11) is 0. The second-order valence-electron chi connectivity index (χ2n) is 4.89. The average Bonchev–Trinajstić information content (AvgIpc) is 2.53. The van der Waals surface area contributed by atoms with E-state index in [0.717, 1.165) is 17.7 Å². The van der Waals surface area contributed by atoms with Crippen LogP contribution in [0.25, 0.3) is 0 Å². The Labute approximate surface area is 129 Å². The van der Waals surface area contributed by atoms with Gasteiger partial charge in [0.2, 0.25) is 0 Å². The van der Waals surface area contributed by atoms with Crippen molar-refractivity contribution in [1.29, 1.82) is 0 Å². The van der Waals surface area contributed by atoms with Crippen LogP contribution in [0, 0.1) is 0 Å². The molecule has 0 fully saturated rings. The fourth-order valence-corrected chi connectivity index (χ4v) is 2.14. The Balaban J connectivity index is 2.23. The maximum atomic E-state index is 12.2. The fourth-order valence-electron chi connectivity index (χ4n) is 2.14. The van der Waals surface area contributed by atoms with E-state index in [1.54, 1.807) is 0 Å². The van der Waals surface area contributed by atoms with Crippen LogP contribution in [0.5, 0.6) is 0 Å². The van der Waals surface area contributed by atoms with Gasteiger partial charge < -0.3 is 11.1 Å². The standard InChI is InChI=1S/C17H19N3O2/c1-2-12-8-10-14(11-9-12)19-15(16(21)20-17(18)22)13-6-4-3-5-7-13/h3-11,15,19H,2H2,1H3,(H3,18,20,21,22)/t15-/m0/s1. The van der Waals surface area contributed by atoms with E-state index in [4.69, 9.17) is 5.73 Å². The predicted molar refractivity (Wildman–Crippen MR) is 86.4 cm³/mol. The van der Waals surface area contributed by atoms with Crippen LogP contribution in [-0.4, -0.2) is 11.9 Å². The van der Waals surface area contributed by atoms with Gasteiger partial charge in [0.25, 0.3) is 5.91 Å². The molecule has 0 radical (unpaired) electrons. The Morgan fingerprint density at radius 1 is 1.05 bits per heavy atom. The number of hydrogen-bond donors (Lipinski definition) is 3. The minimum Gasteiger partial charge on any atom is -0.370 e. The molecule has 2 aromatic rings. The van der Waals surface area contributed by atoms with E-state index in [9.17, 15) is 9.59 Å². The monoisotopic (exact) mass is 297 g/mol. The third-order valence-corrected chi connectivity index (χ3v) is 3.31. The topological polar surface area (TPSA) is 84.2 Å². The maximum absolute atomic E-state index is 12.2. The summed E-state index contributed by atoms with van der Waals surface area (Å²) >= 11 is 0. The first-order valence-corrected chi connectivity index (χ1v) is 7.11. The van der Waals surface area contributed by atoms with E-state index in [0.29, 0.717) is 0 Å². The van der Waals surface area contributed by atoms with Crippen molar-refractivity contribution in [2.75, 3.05) is 5.32 Å². The Kier molecular flexibility index (Phi) is 5.14. The van der Waals surface area contributed by atoms with Crippen LogP contribution in [0.1, 0.15) is 24.1 Å². The third-order valence-electron chi connectivity index (χ3n) is 3.31. The van der Waals surface area contributed by atoms with Crippen LogP contribution in [0.15, 0.2) is 54.6 Å². The van der Waals surface area contributed by atoms with Crippen LogP contribution >= 0.6 is 0 Å². The minimum atomic E-state index is -0.867. The van der Waals surface area contributed by atoms with Gasteiger partial charge in [-0.25, -0.2) is 4.79 Å². The van der Waals surface area contributed by atoms with Crippen LogP contribution in [0.2, 0.25) is 0 Å². The number of urea groups is 1. The molecule has 0 aromatic heterocycles. The zero-order valence-electron chi connectivity index (χ0n) is 12.4. The summed E-state index contributed by atoms with van der Waals surface area (Å²) < 4.78 is 0. The summed E-state index contributed by atoms with van der Waals surface area (Å²) in [5.74, 6) is -0.488. The molecule has 0 aliphatic rings. The third kappa shape index (κ3) is 4.09. The molecule has 5 nitrogen and oxygen atoms in total.